The highest BCUT2D eigenvalue weighted by atomic mass is 32.2. The fourth-order valence-electron chi connectivity index (χ4n) is 4.46. The van der Waals surface area contributed by atoms with E-state index in [4.69, 9.17) is 5.11 Å². The van der Waals surface area contributed by atoms with Crippen LogP contribution in [0.15, 0.2) is 52.5 Å². The van der Waals surface area contributed by atoms with E-state index < -0.39 is 33.3 Å². The van der Waals surface area contributed by atoms with E-state index in [9.17, 15) is 22.8 Å². The van der Waals surface area contributed by atoms with Crippen molar-refractivity contribution in [1.29, 1.82) is 0 Å². The van der Waals surface area contributed by atoms with Crippen LogP contribution < -0.4 is 10.9 Å². The maximum atomic E-state index is 13.4. The van der Waals surface area contributed by atoms with Crippen molar-refractivity contribution in [3.05, 3.63) is 58.8 Å². The number of rotatable bonds is 7. The Labute approximate surface area is 202 Å². The van der Waals surface area contributed by atoms with Gasteiger partial charge in [0.1, 0.15) is 11.9 Å². The lowest BCUT2D eigenvalue weighted by molar-refractivity contribution is -0.120. The SMILES string of the molecule is CS(=O)(=O)c1ccc2c(=O)n(C(CC3CCCCC3)C(=O)Nc3ccc(C(=O)O)cn3)cnc2c1. The number of hydrogen-bond acceptors (Lipinski definition) is 7. The molecule has 0 saturated heterocycles. The molecule has 2 aromatic heterocycles. The highest BCUT2D eigenvalue weighted by molar-refractivity contribution is 7.90. The fraction of sp³-hybridized carbons (Fsp3) is 0.375. The van der Waals surface area contributed by atoms with E-state index in [-0.39, 0.29) is 33.1 Å². The number of hydrogen-bond donors (Lipinski definition) is 2. The second-order valence-corrected chi connectivity index (χ2v) is 10.9. The number of aromatic carboxylic acids is 1. The lowest BCUT2D eigenvalue weighted by Gasteiger charge is -2.27. The Hall–Kier alpha value is -3.60. The summed E-state index contributed by atoms with van der Waals surface area (Å²) in [6.45, 7) is 0. The van der Waals surface area contributed by atoms with Crippen molar-refractivity contribution in [3.8, 4) is 0 Å². The molecule has 0 spiro atoms. The van der Waals surface area contributed by atoms with Crippen LogP contribution in [0.4, 0.5) is 5.82 Å². The van der Waals surface area contributed by atoms with E-state index in [1.807, 2.05) is 0 Å². The second kappa shape index (κ2) is 9.95. The molecule has 1 amide bonds. The molecule has 0 bridgehead atoms. The number of anilines is 1. The number of carboxylic acid groups (broad SMARTS) is 1. The van der Waals surface area contributed by atoms with Gasteiger partial charge in [-0.25, -0.2) is 23.2 Å². The number of carbonyl (C=O) groups is 2. The standard InChI is InChI=1S/C24H26N4O6S/c1-35(33,34)17-8-9-18-19(12-17)26-14-28(23(18)30)20(11-15-5-3-2-4-6-15)22(29)27-21-10-7-16(13-25-21)24(31)32/h7-10,12-15,20H,2-6,11H2,1H3,(H,31,32)(H,25,27,29). The van der Waals surface area contributed by atoms with Gasteiger partial charge in [-0.3, -0.25) is 14.2 Å². The Bertz CT molecular complexity index is 1430. The van der Waals surface area contributed by atoms with E-state index in [0.29, 0.717) is 6.42 Å². The highest BCUT2D eigenvalue weighted by Crippen LogP contribution is 2.31. The molecule has 2 heterocycles. The van der Waals surface area contributed by atoms with E-state index >= 15 is 0 Å². The normalized spacial score (nSPS) is 15.6. The van der Waals surface area contributed by atoms with E-state index in [0.717, 1.165) is 44.6 Å². The maximum Gasteiger partial charge on any atom is 0.337 e. The molecular formula is C24H26N4O6S. The average molecular weight is 499 g/mol. The summed E-state index contributed by atoms with van der Waals surface area (Å²) in [6.07, 6.45) is 9.15. The summed E-state index contributed by atoms with van der Waals surface area (Å²) < 4.78 is 25.0. The zero-order chi connectivity index (χ0) is 25.2. The minimum Gasteiger partial charge on any atom is -0.478 e. The summed E-state index contributed by atoms with van der Waals surface area (Å²) in [4.78, 5) is 46.1. The third-order valence-electron chi connectivity index (χ3n) is 6.36. The van der Waals surface area contributed by atoms with Gasteiger partial charge in [0, 0.05) is 12.5 Å². The van der Waals surface area contributed by atoms with Gasteiger partial charge in [-0.05, 0) is 42.7 Å². The number of nitrogens with zero attached hydrogens (tertiary/aromatic N) is 3. The van der Waals surface area contributed by atoms with Crippen LogP contribution in [0.25, 0.3) is 10.9 Å². The number of nitrogens with one attached hydrogen (secondary N) is 1. The second-order valence-electron chi connectivity index (χ2n) is 8.89. The molecule has 11 heteroatoms. The number of carboxylic acids is 1. The Kier molecular flexibility index (Phi) is 6.97. The van der Waals surface area contributed by atoms with Crippen LogP contribution in [-0.4, -0.2) is 46.2 Å². The monoisotopic (exact) mass is 498 g/mol. The minimum absolute atomic E-state index is 0.00911. The van der Waals surface area contributed by atoms with Crippen LogP contribution in [0.1, 0.15) is 54.9 Å². The van der Waals surface area contributed by atoms with Crippen molar-refractivity contribution in [2.45, 2.75) is 49.5 Å². The first-order valence-electron chi connectivity index (χ1n) is 11.3. The quantitative estimate of drug-likeness (QED) is 0.505. The first-order chi connectivity index (χ1) is 16.6. The number of amides is 1. The van der Waals surface area contributed by atoms with Crippen LogP contribution in [-0.2, 0) is 14.6 Å². The first-order valence-corrected chi connectivity index (χ1v) is 13.2. The van der Waals surface area contributed by atoms with Crippen molar-refractivity contribution in [1.82, 2.24) is 14.5 Å². The predicted molar refractivity (Wildman–Crippen MR) is 129 cm³/mol. The molecule has 4 rings (SSSR count). The van der Waals surface area contributed by atoms with E-state index in [1.165, 1.54) is 41.2 Å². The van der Waals surface area contributed by atoms with Crippen molar-refractivity contribution < 1.29 is 23.1 Å². The van der Waals surface area contributed by atoms with Crippen LogP contribution in [0.3, 0.4) is 0 Å². The van der Waals surface area contributed by atoms with Gasteiger partial charge in [-0.15, -0.1) is 0 Å². The lowest BCUT2D eigenvalue weighted by Crippen LogP contribution is -2.35. The topological polar surface area (TPSA) is 148 Å². The fourth-order valence-corrected chi connectivity index (χ4v) is 5.10. The van der Waals surface area contributed by atoms with Crippen molar-refractivity contribution in [2.24, 2.45) is 5.92 Å². The number of pyridine rings is 1. The number of aromatic nitrogens is 3. The molecule has 1 aliphatic rings. The third kappa shape index (κ3) is 5.56. The van der Waals surface area contributed by atoms with Gasteiger partial charge in [-0.1, -0.05) is 32.1 Å². The summed E-state index contributed by atoms with van der Waals surface area (Å²) in [5, 5.41) is 12.0. The molecule has 184 valence electrons. The number of carbonyl (C=O) groups excluding carboxylic acids is 1. The molecule has 3 aromatic rings. The molecule has 1 aromatic carbocycles. The van der Waals surface area contributed by atoms with Crippen LogP contribution in [0.5, 0.6) is 0 Å². The van der Waals surface area contributed by atoms with Gasteiger partial charge in [-0.2, -0.15) is 0 Å². The van der Waals surface area contributed by atoms with Crippen LogP contribution in [0.2, 0.25) is 0 Å². The Morgan fingerprint density at radius 2 is 1.89 bits per heavy atom. The Morgan fingerprint density at radius 3 is 2.51 bits per heavy atom. The largest absolute Gasteiger partial charge is 0.478 e. The first kappa shape index (κ1) is 24.5. The van der Waals surface area contributed by atoms with Gasteiger partial charge in [0.2, 0.25) is 5.91 Å². The molecule has 0 aliphatic heterocycles. The molecule has 35 heavy (non-hydrogen) atoms. The summed E-state index contributed by atoms with van der Waals surface area (Å²) in [6, 6.07) is 5.99. The summed E-state index contributed by atoms with van der Waals surface area (Å²) >= 11 is 0. The molecule has 1 atom stereocenters. The van der Waals surface area contributed by atoms with Gasteiger partial charge in [0.15, 0.2) is 9.84 Å². The van der Waals surface area contributed by atoms with Crippen molar-refractivity contribution in [3.63, 3.8) is 0 Å². The smallest absolute Gasteiger partial charge is 0.337 e. The van der Waals surface area contributed by atoms with Crippen molar-refractivity contribution in [2.75, 3.05) is 11.6 Å². The summed E-state index contributed by atoms with van der Waals surface area (Å²) in [5.41, 5.74) is -0.220. The number of benzene rings is 1. The third-order valence-corrected chi connectivity index (χ3v) is 7.48. The van der Waals surface area contributed by atoms with Crippen LogP contribution >= 0.6 is 0 Å². The average Bonchev–Trinajstić information content (AvgIpc) is 2.83. The molecule has 1 fully saturated rings. The maximum absolute atomic E-state index is 13.4. The molecule has 0 radical (unpaired) electrons. The van der Waals surface area contributed by atoms with Gasteiger partial charge >= 0.3 is 5.97 Å². The molecule has 1 saturated carbocycles. The van der Waals surface area contributed by atoms with Gasteiger partial charge in [0.05, 0.1) is 27.7 Å². The Morgan fingerprint density at radius 1 is 1.14 bits per heavy atom. The molecule has 10 nitrogen and oxygen atoms in total. The van der Waals surface area contributed by atoms with Gasteiger partial charge < -0.3 is 10.4 Å². The van der Waals surface area contributed by atoms with E-state index in [1.54, 1.807) is 0 Å². The Balaban J connectivity index is 1.69. The zero-order valence-electron chi connectivity index (χ0n) is 19.2. The predicted octanol–water partition coefficient (Wildman–Crippen LogP) is 3.04. The van der Waals surface area contributed by atoms with Crippen molar-refractivity contribution >= 4 is 38.4 Å². The number of sulfone groups is 1. The summed E-state index contributed by atoms with van der Waals surface area (Å²) in [7, 11) is -3.47. The summed E-state index contributed by atoms with van der Waals surface area (Å²) in [5.74, 6) is -1.15. The van der Waals surface area contributed by atoms with Gasteiger partial charge in [0.25, 0.3) is 5.56 Å². The van der Waals surface area contributed by atoms with Crippen LogP contribution in [0, 0.1) is 5.92 Å². The molecular weight excluding hydrogens is 472 g/mol. The molecule has 1 aliphatic carbocycles. The highest BCUT2D eigenvalue weighted by Gasteiger charge is 2.28. The van der Waals surface area contributed by atoms with E-state index in [2.05, 4.69) is 15.3 Å². The number of fused-ring (bicyclic) bond motifs is 1. The lowest BCUT2D eigenvalue weighted by atomic mass is 9.84. The minimum atomic E-state index is -3.47. The molecule has 2 N–H and O–H groups in total. The zero-order valence-corrected chi connectivity index (χ0v) is 20.0. The molecule has 1 unspecified atom stereocenters.